The van der Waals surface area contributed by atoms with Crippen LogP contribution in [0, 0.1) is 0 Å². The number of nitrogens with one attached hydrogen (secondary N) is 1. The SMILES string of the molecule is CCOc1ccc(S(=O)(=O)N[C@@H]2CCSc3ccccc32)cc1OCC. The minimum Gasteiger partial charge on any atom is -0.490 e. The van der Waals surface area contributed by atoms with Crippen molar-refractivity contribution in [1.82, 2.24) is 4.72 Å². The van der Waals surface area contributed by atoms with Gasteiger partial charge >= 0.3 is 0 Å². The molecule has 140 valence electrons. The lowest BCUT2D eigenvalue weighted by molar-refractivity contribution is 0.287. The Hall–Kier alpha value is -1.70. The molecule has 0 fully saturated rings. The molecule has 1 aliphatic rings. The van der Waals surface area contributed by atoms with Crippen LogP contribution in [0.2, 0.25) is 0 Å². The van der Waals surface area contributed by atoms with Gasteiger partial charge in [0.15, 0.2) is 11.5 Å². The number of thioether (sulfide) groups is 1. The third-order valence-electron chi connectivity index (χ3n) is 4.08. The lowest BCUT2D eigenvalue weighted by atomic mass is 10.1. The van der Waals surface area contributed by atoms with Crippen LogP contribution >= 0.6 is 11.8 Å². The van der Waals surface area contributed by atoms with E-state index in [4.69, 9.17) is 9.47 Å². The molecular weight excluding hydrogens is 370 g/mol. The molecule has 3 rings (SSSR count). The highest BCUT2D eigenvalue weighted by Crippen LogP contribution is 2.37. The van der Waals surface area contributed by atoms with Crippen molar-refractivity contribution < 1.29 is 17.9 Å². The van der Waals surface area contributed by atoms with Crippen LogP contribution in [0.25, 0.3) is 0 Å². The summed E-state index contributed by atoms with van der Waals surface area (Å²) in [6, 6.07) is 12.4. The molecule has 0 spiro atoms. The summed E-state index contributed by atoms with van der Waals surface area (Å²) in [6.45, 7) is 4.65. The summed E-state index contributed by atoms with van der Waals surface area (Å²) in [5.74, 6) is 1.88. The molecule has 1 atom stereocenters. The molecule has 5 nitrogen and oxygen atoms in total. The highest BCUT2D eigenvalue weighted by molar-refractivity contribution is 7.99. The molecule has 0 aliphatic carbocycles. The van der Waals surface area contributed by atoms with Crippen LogP contribution < -0.4 is 14.2 Å². The largest absolute Gasteiger partial charge is 0.490 e. The summed E-state index contributed by atoms with van der Waals surface area (Å²) in [6.07, 6.45) is 0.760. The second-order valence-corrected chi connectivity index (χ2v) is 8.67. The van der Waals surface area contributed by atoms with Crippen LogP contribution in [0.5, 0.6) is 11.5 Å². The Morgan fingerprint density at radius 1 is 1.08 bits per heavy atom. The first-order valence-electron chi connectivity index (χ1n) is 8.69. The minimum absolute atomic E-state index is 0.181. The van der Waals surface area contributed by atoms with Gasteiger partial charge in [0.1, 0.15) is 0 Å². The molecule has 0 saturated carbocycles. The van der Waals surface area contributed by atoms with Gasteiger partial charge in [0.05, 0.1) is 18.1 Å². The number of hydrogen-bond donors (Lipinski definition) is 1. The fourth-order valence-electron chi connectivity index (χ4n) is 2.92. The standard InChI is InChI=1S/C19H23NO4S2/c1-3-23-17-10-9-14(13-18(17)24-4-2)26(21,22)20-16-11-12-25-19-8-6-5-7-15(16)19/h5-10,13,16,20H,3-4,11-12H2,1-2H3/t16-/m1/s1. The predicted molar refractivity (Wildman–Crippen MR) is 104 cm³/mol. The van der Waals surface area contributed by atoms with Gasteiger partial charge in [-0.25, -0.2) is 13.1 Å². The minimum atomic E-state index is -3.67. The van der Waals surface area contributed by atoms with E-state index in [0.717, 1.165) is 22.6 Å². The van der Waals surface area contributed by atoms with Gasteiger partial charge in [-0.05, 0) is 49.8 Å². The molecule has 1 heterocycles. The molecule has 0 aromatic heterocycles. The van der Waals surface area contributed by atoms with E-state index >= 15 is 0 Å². The Morgan fingerprint density at radius 3 is 2.58 bits per heavy atom. The second-order valence-electron chi connectivity index (χ2n) is 5.82. The zero-order valence-corrected chi connectivity index (χ0v) is 16.5. The highest BCUT2D eigenvalue weighted by atomic mass is 32.2. The van der Waals surface area contributed by atoms with Gasteiger partial charge in [0, 0.05) is 17.0 Å². The Balaban J connectivity index is 1.88. The quantitative estimate of drug-likeness (QED) is 0.770. The first kappa shape index (κ1) is 19.1. The summed E-state index contributed by atoms with van der Waals surface area (Å²) < 4.78 is 39.8. The third kappa shape index (κ3) is 4.16. The van der Waals surface area contributed by atoms with Gasteiger partial charge in [-0.15, -0.1) is 11.8 Å². The first-order valence-corrected chi connectivity index (χ1v) is 11.2. The van der Waals surface area contributed by atoms with Crippen LogP contribution in [0.3, 0.4) is 0 Å². The van der Waals surface area contributed by atoms with E-state index in [2.05, 4.69) is 4.72 Å². The van der Waals surface area contributed by atoms with Crippen molar-refractivity contribution in [3.63, 3.8) is 0 Å². The highest BCUT2D eigenvalue weighted by Gasteiger charge is 2.26. The van der Waals surface area contributed by atoms with Gasteiger partial charge in [0.25, 0.3) is 0 Å². The average molecular weight is 394 g/mol. The molecule has 2 aromatic carbocycles. The number of rotatable bonds is 7. The molecule has 0 saturated heterocycles. The van der Waals surface area contributed by atoms with Crippen LogP contribution in [0.1, 0.15) is 31.9 Å². The average Bonchev–Trinajstić information content (AvgIpc) is 2.63. The molecule has 26 heavy (non-hydrogen) atoms. The smallest absolute Gasteiger partial charge is 0.241 e. The van der Waals surface area contributed by atoms with Crippen molar-refractivity contribution in [2.24, 2.45) is 0 Å². The second kappa shape index (κ2) is 8.33. The molecule has 0 amide bonds. The van der Waals surface area contributed by atoms with Crippen LogP contribution in [0.15, 0.2) is 52.3 Å². The molecule has 1 N–H and O–H groups in total. The summed E-state index contributed by atoms with van der Waals surface area (Å²) >= 11 is 1.76. The van der Waals surface area contributed by atoms with E-state index in [1.807, 2.05) is 38.1 Å². The maximum atomic E-state index is 12.9. The summed E-state index contributed by atoms with van der Waals surface area (Å²) in [4.78, 5) is 1.31. The Morgan fingerprint density at radius 2 is 1.81 bits per heavy atom. The predicted octanol–water partition coefficient (Wildman–Crippen LogP) is 4.00. The van der Waals surface area contributed by atoms with Gasteiger partial charge in [-0.1, -0.05) is 18.2 Å². The van der Waals surface area contributed by atoms with E-state index in [1.54, 1.807) is 23.9 Å². The first-order chi connectivity index (χ1) is 12.5. The van der Waals surface area contributed by atoms with Crippen molar-refractivity contribution in [2.45, 2.75) is 36.1 Å². The van der Waals surface area contributed by atoms with Crippen LogP contribution in [-0.2, 0) is 10.0 Å². The van der Waals surface area contributed by atoms with Gasteiger partial charge in [0.2, 0.25) is 10.0 Å². The Bertz CT molecular complexity index is 868. The monoisotopic (exact) mass is 393 g/mol. The Labute approximate surface area is 159 Å². The van der Waals surface area contributed by atoms with Gasteiger partial charge < -0.3 is 9.47 Å². The third-order valence-corrected chi connectivity index (χ3v) is 6.67. The topological polar surface area (TPSA) is 64.6 Å². The maximum absolute atomic E-state index is 12.9. The van der Waals surface area contributed by atoms with Gasteiger partial charge in [-0.2, -0.15) is 0 Å². The fraction of sp³-hybridized carbons (Fsp3) is 0.368. The van der Waals surface area contributed by atoms with E-state index in [9.17, 15) is 8.42 Å². The number of sulfonamides is 1. The van der Waals surface area contributed by atoms with Crippen LogP contribution in [-0.4, -0.2) is 27.4 Å². The van der Waals surface area contributed by atoms with Crippen molar-refractivity contribution in [2.75, 3.05) is 19.0 Å². The molecule has 0 radical (unpaired) electrons. The lowest BCUT2D eigenvalue weighted by Crippen LogP contribution is -2.30. The normalized spacial score (nSPS) is 16.8. The molecular formula is C19H23NO4S2. The molecule has 7 heteroatoms. The zero-order chi connectivity index (χ0) is 18.6. The number of hydrogen-bond acceptors (Lipinski definition) is 5. The van der Waals surface area contributed by atoms with Crippen molar-refractivity contribution in [1.29, 1.82) is 0 Å². The Kier molecular flexibility index (Phi) is 6.11. The number of fused-ring (bicyclic) bond motifs is 1. The molecule has 2 aromatic rings. The molecule has 1 aliphatic heterocycles. The zero-order valence-electron chi connectivity index (χ0n) is 14.9. The number of ether oxygens (including phenoxy) is 2. The van der Waals surface area contributed by atoms with Crippen molar-refractivity contribution >= 4 is 21.8 Å². The van der Waals surface area contributed by atoms with E-state index < -0.39 is 10.0 Å². The van der Waals surface area contributed by atoms with Crippen LogP contribution in [0.4, 0.5) is 0 Å². The summed E-state index contributed by atoms with van der Waals surface area (Å²) in [7, 11) is -3.67. The van der Waals surface area contributed by atoms with Crippen molar-refractivity contribution in [3.05, 3.63) is 48.0 Å². The molecule has 0 unspecified atom stereocenters. The van der Waals surface area contributed by atoms with E-state index in [1.165, 1.54) is 6.07 Å². The fourth-order valence-corrected chi connectivity index (χ4v) is 5.31. The molecule has 0 bridgehead atoms. The van der Waals surface area contributed by atoms with E-state index in [-0.39, 0.29) is 10.9 Å². The number of benzene rings is 2. The maximum Gasteiger partial charge on any atom is 0.241 e. The summed E-state index contributed by atoms with van der Waals surface area (Å²) in [5.41, 5.74) is 1.03. The lowest BCUT2D eigenvalue weighted by Gasteiger charge is -2.25. The summed E-state index contributed by atoms with van der Waals surface area (Å²) in [5, 5.41) is 0. The van der Waals surface area contributed by atoms with Gasteiger partial charge in [-0.3, -0.25) is 0 Å². The van der Waals surface area contributed by atoms with Crippen molar-refractivity contribution in [3.8, 4) is 11.5 Å². The van der Waals surface area contributed by atoms with E-state index in [0.29, 0.717) is 24.7 Å².